The van der Waals surface area contributed by atoms with E-state index in [2.05, 4.69) is 0 Å². The number of nitro groups is 1. The smallest absolute Gasteiger partial charge is 0.270 e. The Morgan fingerprint density at radius 1 is 1.56 bits per heavy atom. The van der Waals surface area contributed by atoms with Gasteiger partial charge in [0.1, 0.15) is 12.4 Å². The molecule has 0 spiro atoms. The molecule has 1 aromatic carbocycles. The van der Waals surface area contributed by atoms with Gasteiger partial charge in [-0.1, -0.05) is 0 Å². The third-order valence-electron chi connectivity index (χ3n) is 2.32. The van der Waals surface area contributed by atoms with Crippen molar-refractivity contribution in [3.8, 4) is 5.75 Å². The van der Waals surface area contributed by atoms with Crippen LogP contribution in [0.15, 0.2) is 18.2 Å². The second-order valence-electron chi connectivity index (χ2n) is 3.34. The molecule has 6 heteroatoms. The van der Waals surface area contributed by atoms with E-state index in [4.69, 9.17) is 14.2 Å². The van der Waals surface area contributed by atoms with Gasteiger partial charge in [0, 0.05) is 24.8 Å². The SMILES string of the molecule is COC1COc2ccc([N+](=O)[O-])cc2CO1. The highest BCUT2D eigenvalue weighted by Crippen LogP contribution is 2.27. The van der Waals surface area contributed by atoms with Crippen molar-refractivity contribution in [2.75, 3.05) is 13.7 Å². The van der Waals surface area contributed by atoms with Crippen LogP contribution in [0, 0.1) is 10.1 Å². The van der Waals surface area contributed by atoms with E-state index in [1.54, 1.807) is 6.07 Å². The lowest BCUT2D eigenvalue weighted by atomic mass is 10.2. The topological polar surface area (TPSA) is 70.8 Å². The zero-order valence-corrected chi connectivity index (χ0v) is 8.71. The predicted molar refractivity (Wildman–Crippen MR) is 54.2 cm³/mol. The van der Waals surface area contributed by atoms with Gasteiger partial charge < -0.3 is 14.2 Å². The summed E-state index contributed by atoms with van der Waals surface area (Å²) in [7, 11) is 1.52. The Kier molecular flexibility index (Phi) is 3.02. The minimum absolute atomic E-state index is 0.0295. The molecule has 0 bridgehead atoms. The van der Waals surface area contributed by atoms with Gasteiger partial charge >= 0.3 is 0 Å². The molecule has 1 atom stereocenters. The van der Waals surface area contributed by atoms with E-state index < -0.39 is 11.2 Å². The molecule has 0 aromatic heterocycles. The van der Waals surface area contributed by atoms with Crippen LogP contribution in [0.1, 0.15) is 5.56 Å². The molecule has 0 amide bonds. The molecule has 0 saturated heterocycles. The molecule has 1 aromatic rings. The molecule has 0 radical (unpaired) electrons. The van der Waals surface area contributed by atoms with Crippen LogP contribution in [-0.4, -0.2) is 24.9 Å². The fourth-order valence-corrected chi connectivity index (χ4v) is 1.46. The summed E-state index contributed by atoms with van der Waals surface area (Å²) in [6.45, 7) is 0.525. The third-order valence-corrected chi connectivity index (χ3v) is 2.32. The van der Waals surface area contributed by atoms with Crippen molar-refractivity contribution >= 4 is 5.69 Å². The lowest BCUT2D eigenvalue weighted by molar-refractivity contribution is -0.385. The van der Waals surface area contributed by atoms with E-state index in [9.17, 15) is 10.1 Å². The summed E-state index contributed by atoms with van der Waals surface area (Å²) in [5, 5.41) is 10.6. The normalized spacial score (nSPS) is 19.4. The average Bonchev–Trinajstić information content (AvgIpc) is 2.50. The molecule has 1 heterocycles. The Morgan fingerprint density at radius 3 is 3.06 bits per heavy atom. The maximum Gasteiger partial charge on any atom is 0.270 e. The number of non-ortho nitro benzene ring substituents is 1. The lowest BCUT2D eigenvalue weighted by Gasteiger charge is -2.11. The number of methoxy groups -OCH3 is 1. The van der Waals surface area contributed by atoms with Gasteiger partial charge in [-0.15, -0.1) is 0 Å². The number of benzene rings is 1. The zero-order chi connectivity index (χ0) is 11.5. The van der Waals surface area contributed by atoms with E-state index in [1.165, 1.54) is 19.2 Å². The first-order chi connectivity index (χ1) is 7.70. The van der Waals surface area contributed by atoms with Gasteiger partial charge in [-0.2, -0.15) is 0 Å². The summed E-state index contributed by atoms with van der Waals surface area (Å²) in [5.74, 6) is 0.602. The fourth-order valence-electron chi connectivity index (χ4n) is 1.46. The molecule has 0 aliphatic carbocycles. The number of nitrogens with zero attached hydrogens (tertiary/aromatic N) is 1. The second kappa shape index (κ2) is 4.46. The Labute approximate surface area is 91.9 Å². The van der Waals surface area contributed by atoms with Crippen LogP contribution < -0.4 is 4.74 Å². The van der Waals surface area contributed by atoms with Crippen molar-refractivity contribution in [3.63, 3.8) is 0 Å². The van der Waals surface area contributed by atoms with Crippen LogP contribution in [0.3, 0.4) is 0 Å². The van der Waals surface area contributed by atoms with E-state index in [1.807, 2.05) is 0 Å². The number of hydrogen-bond acceptors (Lipinski definition) is 5. The summed E-state index contributed by atoms with van der Waals surface area (Å²) < 4.78 is 15.8. The molecule has 86 valence electrons. The van der Waals surface area contributed by atoms with Gasteiger partial charge in [-0.25, -0.2) is 0 Å². The molecule has 0 saturated carbocycles. The van der Waals surface area contributed by atoms with Crippen LogP contribution in [0.2, 0.25) is 0 Å². The van der Waals surface area contributed by atoms with Crippen LogP contribution in [0.5, 0.6) is 5.75 Å². The van der Waals surface area contributed by atoms with E-state index >= 15 is 0 Å². The molecular weight excluding hydrogens is 214 g/mol. The van der Waals surface area contributed by atoms with Crippen LogP contribution >= 0.6 is 0 Å². The molecule has 6 nitrogen and oxygen atoms in total. The highest BCUT2D eigenvalue weighted by atomic mass is 16.7. The number of ether oxygens (including phenoxy) is 3. The molecule has 2 rings (SSSR count). The summed E-state index contributed by atoms with van der Waals surface area (Å²) in [5.41, 5.74) is 0.690. The Balaban J connectivity index is 2.25. The molecule has 1 aliphatic rings. The number of fused-ring (bicyclic) bond motifs is 1. The zero-order valence-electron chi connectivity index (χ0n) is 8.71. The highest BCUT2D eigenvalue weighted by Gasteiger charge is 2.19. The number of nitro benzene ring substituents is 1. The quantitative estimate of drug-likeness (QED) is 0.563. The van der Waals surface area contributed by atoms with Crippen LogP contribution in [0.4, 0.5) is 5.69 Å². The van der Waals surface area contributed by atoms with Crippen molar-refractivity contribution in [3.05, 3.63) is 33.9 Å². The Bertz CT molecular complexity index is 406. The maximum absolute atomic E-state index is 10.6. The minimum Gasteiger partial charge on any atom is -0.488 e. The first-order valence-corrected chi connectivity index (χ1v) is 4.75. The average molecular weight is 225 g/mol. The fraction of sp³-hybridized carbons (Fsp3) is 0.400. The van der Waals surface area contributed by atoms with Crippen LogP contribution in [-0.2, 0) is 16.1 Å². The van der Waals surface area contributed by atoms with Crippen molar-refractivity contribution in [2.24, 2.45) is 0 Å². The molecule has 1 unspecified atom stereocenters. The summed E-state index contributed by atoms with van der Waals surface area (Å²) in [6, 6.07) is 4.44. The molecular formula is C10H11NO5. The van der Waals surface area contributed by atoms with Gasteiger partial charge in [-0.3, -0.25) is 10.1 Å². The minimum atomic E-state index is -0.445. The summed E-state index contributed by atoms with van der Waals surface area (Å²) in [6.07, 6.45) is -0.438. The van der Waals surface area contributed by atoms with Crippen molar-refractivity contribution in [1.82, 2.24) is 0 Å². The molecule has 1 aliphatic heterocycles. The highest BCUT2D eigenvalue weighted by molar-refractivity contribution is 5.43. The third kappa shape index (κ3) is 2.12. The van der Waals surface area contributed by atoms with Crippen molar-refractivity contribution in [1.29, 1.82) is 0 Å². The van der Waals surface area contributed by atoms with E-state index in [0.717, 1.165) is 0 Å². The Morgan fingerprint density at radius 2 is 2.38 bits per heavy atom. The predicted octanol–water partition coefficient (Wildman–Crippen LogP) is 1.48. The van der Waals surface area contributed by atoms with Gasteiger partial charge in [-0.05, 0) is 6.07 Å². The first kappa shape index (κ1) is 10.8. The Hall–Kier alpha value is -1.66. The monoisotopic (exact) mass is 225 g/mol. The van der Waals surface area contributed by atoms with Gasteiger partial charge in [0.15, 0.2) is 6.29 Å². The van der Waals surface area contributed by atoms with Gasteiger partial charge in [0.05, 0.1) is 11.5 Å². The maximum atomic E-state index is 10.6. The number of hydrogen-bond donors (Lipinski definition) is 0. The number of rotatable bonds is 2. The summed E-state index contributed by atoms with van der Waals surface area (Å²) >= 11 is 0. The van der Waals surface area contributed by atoms with Gasteiger partial charge in [0.2, 0.25) is 0 Å². The molecule has 0 fully saturated rings. The summed E-state index contributed by atoms with van der Waals surface area (Å²) in [4.78, 5) is 10.1. The van der Waals surface area contributed by atoms with Crippen molar-refractivity contribution < 1.29 is 19.1 Å². The van der Waals surface area contributed by atoms with Gasteiger partial charge in [0.25, 0.3) is 5.69 Å². The largest absolute Gasteiger partial charge is 0.488 e. The second-order valence-corrected chi connectivity index (χ2v) is 3.34. The van der Waals surface area contributed by atoms with Crippen molar-refractivity contribution in [2.45, 2.75) is 12.9 Å². The molecule has 16 heavy (non-hydrogen) atoms. The first-order valence-electron chi connectivity index (χ1n) is 4.75. The van der Waals surface area contributed by atoms with Crippen LogP contribution in [0.25, 0.3) is 0 Å². The lowest BCUT2D eigenvalue weighted by Crippen LogP contribution is -2.20. The standard InChI is InChI=1S/C10H11NO5/c1-14-10-6-15-9-3-2-8(11(12)13)4-7(9)5-16-10/h2-4,10H,5-6H2,1H3. The van der Waals surface area contributed by atoms with E-state index in [0.29, 0.717) is 11.3 Å². The molecule has 0 N–H and O–H groups in total. The van der Waals surface area contributed by atoms with E-state index in [-0.39, 0.29) is 18.9 Å².